The van der Waals surface area contributed by atoms with Gasteiger partial charge < -0.3 is 5.32 Å². The second kappa shape index (κ2) is 5.69. The van der Waals surface area contributed by atoms with Crippen LogP contribution in [0.1, 0.15) is 20.3 Å². The van der Waals surface area contributed by atoms with Crippen molar-refractivity contribution in [2.24, 2.45) is 5.10 Å². The average molecular weight is 314 g/mol. The van der Waals surface area contributed by atoms with Crippen LogP contribution in [0.15, 0.2) is 35.4 Å². The molecule has 0 saturated heterocycles. The van der Waals surface area contributed by atoms with Crippen LogP contribution in [-0.4, -0.2) is 22.5 Å². The second-order valence-electron chi connectivity index (χ2n) is 4.94. The molecule has 112 valence electrons. The van der Waals surface area contributed by atoms with E-state index in [1.54, 1.807) is 6.92 Å². The van der Waals surface area contributed by atoms with Crippen LogP contribution in [0.4, 0.5) is 10.1 Å². The highest BCUT2D eigenvalue weighted by atomic mass is 32.1. The van der Waals surface area contributed by atoms with Gasteiger partial charge in [-0.25, -0.2) is 4.98 Å². The van der Waals surface area contributed by atoms with Gasteiger partial charge in [0, 0.05) is 18.2 Å². The van der Waals surface area contributed by atoms with E-state index in [4.69, 9.17) is 0 Å². The van der Waals surface area contributed by atoms with E-state index in [0.29, 0.717) is 22.2 Å². The Morgan fingerprint density at radius 3 is 2.64 bits per heavy atom. The molecule has 2 heterocycles. The minimum absolute atomic E-state index is 0.111. The Labute approximate surface area is 131 Å². The number of nitrogens with zero attached hydrogens (tertiary/aromatic N) is 3. The lowest BCUT2D eigenvalue weighted by molar-refractivity contribution is -0.117. The molecule has 0 radical (unpaired) electrons. The summed E-state index contributed by atoms with van der Waals surface area (Å²) in [5.74, 6) is -0.292. The summed E-state index contributed by atoms with van der Waals surface area (Å²) < 4.78 is 0. The monoisotopic (exact) mass is 314 g/mol. The number of carbonyl (C=O) groups is 2. The Morgan fingerprint density at radius 2 is 2.05 bits per heavy atom. The maximum atomic E-state index is 12.0. The van der Waals surface area contributed by atoms with Gasteiger partial charge in [-0.1, -0.05) is 41.7 Å². The van der Waals surface area contributed by atoms with Crippen molar-refractivity contribution in [1.82, 2.24) is 4.98 Å². The molecule has 1 aliphatic heterocycles. The Hall–Kier alpha value is -2.54. The molecule has 1 aromatic heterocycles. The summed E-state index contributed by atoms with van der Waals surface area (Å²) in [7, 11) is 0. The van der Waals surface area contributed by atoms with Crippen molar-refractivity contribution in [2.75, 3.05) is 10.3 Å². The predicted octanol–water partition coefficient (Wildman–Crippen LogP) is 2.88. The van der Waals surface area contributed by atoms with Gasteiger partial charge in [-0.2, -0.15) is 10.1 Å². The Morgan fingerprint density at radius 1 is 1.32 bits per heavy atom. The van der Waals surface area contributed by atoms with E-state index in [1.165, 1.54) is 23.3 Å². The number of nitrogens with one attached hydrogen (secondary N) is 1. The fraction of sp³-hybridized carbons (Fsp3) is 0.200. The first-order valence-corrected chi connectivity index (χ1v) is 7.57. The third kappa shape index (κ3) is 2.75. The molecule has 1 aromatic carbocycles. The SMILES string of the molecule is CC(=O)Nc1sc(N2N=C(C)CC2=O)nc1-c1ccccc1. The van der Waals surface area contributed by atoms with Gasteiger partial charge in [-0.05, 0) is 6.92 Å². The van der Waals surface area contributed by atoms with Crippen LogP contribution in [0.2, 0.25) is 0 Å². The maximum Gasteiger partial charge on any atom is 0.255 e. The van der Waals surface area contributed by atoms with Crippen molar-refractivity contribution >= 4 is 39.0 Å². The minimum atomic E-state index is -0.181. The first-order valence-electron chi connectivity index (χ1n) is 6.75. The predicted molar refractivity (Wildman–Crippen MR) is 87.1 cm³/mol. The van der Waals surface area contributed by atoms with Gasteiger partial charge in [0.05, 0.1) is 6.42 Å². The molecule has 0 fully saturated rings. The van der Waals surface area contributed by atoms with Crippen molar-refractivity contribution in [3.63, 3.8) is 0 Å². The molecule has 22 heavy (non-hydrogen) atoms. The Balaban J connectivity index is 2.05. The molecule has 2 amide bonds. The minimum Gasteiger partial charge on any atom is -0.316 e. The van der Waals surface area contributed by atoms with Crippen molar-refractivity contribution in [1.29, 1.82) is 0 Å². The second-order valence-corrected chi connectivity index (χ2v) is 5.92. The molecular formula is C15H14N4O2S. The van der Waals surface area contributed by atoms with E-state index < -0.39 is 0 Å². The molecule has 6 nitrogen and oxygen atoms in total. The van der Waals surface area contributed by atoms with Gasteiger partial charge in [0.1, 0.15) is 10.7 Å². The normalized spacial score (nSPS) is 14.2. The zero-order valence-electron chi connectivity index (χ0n) is 12.2. The Kier molecular flexibility index (Phi) is 3.72. The van der Waals surface area contributed by atoms with Gasteiger partial charge in [-0.3, -0.25) is 9.59 Å². The van der Waals surface area contributed by atoms with Crippen molar-refractivity contribution < 1.29 is 9.59 Å². The number of rotatable bonds is 3. The van der Waals surface area contributed by atoms with E-state index >= 15 is 0 Å². The fourth-order valence-corrected chi connectivity index (χ4v) is 3.14. The van der Waals surface area contributed by atoms with Crippen LogP contribution in [0.3, 0.4) is 0 Å². The van der Waals surface area contributed by atoms with E-state index in [0.717, 1.165) is 11.3 Å². The first-order chi connectivity index (χ1) is 10.5. The van der Waals surface area contributed by atoms with Crippen molar-refractivity contribution in [2.45, 2.75) is 20.3 Å². The number of anilines is 2. The number of thiazole rings is 1. The molecule has 2 aromatic rings. The Bertz CT molecular complexity index is 767. The maximum absolute atomic E-state index is 12.0. The number of hydrogen-bond donors (Lipinski definition) is 1. The highest BCUT2D eigenvalue weighted by molar-refractivity contribution is 7.20. The fourth-order valence-electron chi connectivity index (χ4n) is 2.14. The summed E-state index contributed by atoms with van der Waals surface area (Å²) in [4.78, 5) is 27.9. The summed E-state index contributed by atoms with van der Waals surface area (Å²) in [5.41, 5.74) is 2.27. The largest absolute Gasteiger partial charge is 0.316 e. The molecule has 1 aliphatic rings. The van der Waals surface area contributed by atoms with Gasteiger partial charge in [0.15, 0.2) is 0 Å². The molecule has 0 bridgehead atoms. The van der Waals surface area contributed by atoms with Crippen molar-refractivity contribution in [3.8, 4) is 11.3 Å². The number of hydrogen-bond acceptors (Lipinski definition) is 5. The van der Waals surface area contributed by atoms with Gasteiger partial charge in [-0.15, -0.1) is 0 Å². The first kappa shape index (κ1) is 14.4. The molecule has 0 aliphatic carbocycles. The molecule has 7 heteroatoms. The summed E-state index contributed by atoms with van der Waals surface area (Å²) >= 11 is 1.24. The third-order valence-electron chi connectivity index (χ3n) is 3.05. The molecular weight excluding hydrogens is 300 g/mol. The molecule has 0 unspecified atom stereocenters. The topological polar surface area (TPSA) is 74.7 Å². The van der Waals surface area contributed by atoms with Gasteiger partial charge in [0.2, 0.25) is 11.0 Å². The smallest absolute Gasteiger partial charge is 0.255 e. The zero-order valence-corrected chi connectivity index (χ0v) is 13.0. The summed E-state index contributed by atoms with van der Waals surface area (Å²) in [6.45, 7) is 3.25. The summed E-state index contributed by atoms with van der Waals surface area (Å²) in [5, 5.41) is 9.35. The summed E-state index contributed by atoms with van der Waals surface area (Å²) in [6.07, 6.45) is 0.301. The number of benzene rings is 1. The third-order valence-corrected chi connectivity index (χ3v) is 3.99. The van der Waals surface area contributed by atoms with E-state index in [-0.39, 0.29) is 11.8 Å². The number of amides is 2. The lowest BCUT2D eigenvalue weighted by atomic mass is 10.2. The molecule has 0 spiro atoms. The zero-order chi connectivity index (χ0) is 15.7. The highest BCUT2D eigenvalue weighted by Gasteiger charge is 2.27. The van der Waals surface area contributed by atoms with E-state index in [2.05, 4.69) is 15.4 Å². The molecule has 0 saturated carbocycles. The average Bonchev–Trinajstić information content (AvgIpc) is 3.02. The van der Waals surface area contributed by atoms with Crippen LogP contribution >= 0.6 is 11.3 Å². The number of hydrazone groups is 1. The van der Waals surface area contributed by atoms with Gasteiger partial charge >= 0.3 is 0 Å². The highest BCUT2D eigenvalue weighted by Crippen LogP contribution is 2.38. The van der Waals surface area contributed by atoms with Crippen molar-refractivity contribution in [3.05, 3.63) is 30.3 Å². The molecule has 3 rings (SSSR count). The van der Waals surface area contributed by atoms with Crippen LogP contribution in [0.25, 0.3) is 11.3 Å². The number of carbonyl (C=O) groups excluding carboxylic acids is 2. The standard InChI is InChI=1S/C15H14N4O2S/c1-9-8-12(21)19(18-9)15-17-13(11-6-4-3-5-7-11)14(22-15)16-10(2)20/h3-7H,8H2,1-2H3,(H,16,20). The summed E-state index contributed by atoms with van der Waals surface area (Å²) in [6, 6.07) is 9.52. The van der Waals surface area contributed by atoms with E-state index in [9.17, 15) is 9.59 Å². The quantitative estimate of drug-likeness (QED) is 0.946. The van der Waals surface area contributed by atoms with Crippen LogP contribution in [0, 0.1) is 0 Å². The van der Waals surface area contributed by atoms with Crippen LogP contribution in [-0.2, 0) is 9.59 Å². The molecule has 1 N–H and O–H groups in total. The van der Waals surface area contributed by atoms with Crippen LogP contribution in [0.5, 0.6) is 0 Å². The van der Waals surface area contributed by atoms with Gasteiger partial charge in [0.25, 0.3) is 5.91 Å². The number of aromatic nitrogens is 1. The van der Waals surface area contributed by atoms with E-state index in [1.807, 2.05) is 30.3 Å². The van der Waals surface area contributed by atoms with Crippen LogP contribution < -0.4 is 10.3 Å². The molecule has 0 atom stereocenters. The lowest BCUT2D eigenvalue weighted by Crippen LogP contribution is -2.19. The lowest BCUT2D eigenvalue weighted by Gasteiger charge is -2.05.